The summed E-state index contributed by atoms with van der Waals surface area (Å²) in [7, 11) is 0. The Morgan fingerprint density at radius 2 is 1.32 bits per heavy atom. The van der Waals surface area contributed by atoms with Crippen LogP contribution in [0.25, 0.3) is 6.08 Å². The van der Waals surface area contributed by atoms with Crippen molar-refractivity contribution in [3.63, 3.8) is 0 Å². The van der Waals surface area contributed by atoms with Crippen molar-refractivity contribution in [1.29, 1.82) is 0 Å². The summed E-state index contributed by atoms with van der Waals surface area (Å²) in [5.74, 6) is 1.07. The molecule has 1 heterocycles. The molecule has 0 bridgehead atoms. The lowest BCUT2D eigenvalue weighted by atomic mass is 10.2. The molecule has 0 unspecified atom stereocenters. The van der Waals surface area contributed by atoms with E-state index >= 15 is 0 Å². The zero-order valence-electron chi connectivity index (χ0n) is 12.1. The van der Waals surface area contributed by atoms with Crippen molar-refractivity contribution >= 4 is 23.1 Å². The van der Waals surface area contributed by atoms with E-state index in [4.69, 9.17) is 0 Å². The van der Waals surface area contributed by atoms with Crippen molar-refractivity contribution in [2.75, 3.05) is 10.2 Å². The van der Waals surface area contributed by atoms with Crippen LogP contribution >= 0.6 is 0 Å². The molecule has 1 aliphatic rings. The van der Waals surface area contributed by atoms with Crippen LogP contribution in [0.1, 0.15) is 5.56 Å². The number of nitrogens with one attached hydrogen (secondary N) is 1. The fraction of sp³-hybridized carbons (Fsp3) is 0. The van der Waals surface area contributed by atoms with Gasteiger partial charge in [0.15, 0.2) is 0 Å². The molecule has 4 rings (SSSR count). The topological polar surface area (TPSA) is 15.3 Å². The summed E-state index contributed by atoms with van der Waals surface area (Å²) < 4.78 is 0. The predicted molar refractivity (Wildman–Crippen MR) is 93.1 cm³/mol. The third-order valence-corrected chi connectivity index (χ3v) is 3.77. The number of hydrogen-bond acceptors (Lipinski definition) is 2. The first-order valence-electron chi connectivity index (χ1n) is 7.40. The molecule has 2 heteroatoms. The number of anilines is 3. The number of hydrogen-bond donors (Lipinski definition) is 1. The van der Waals surface area contributed by atoms with Gasteiger partial charge in [0.05, 0.1) is 11.4 Å². The molecule has 3 aromatic rings. The van der Waals surface area contributed by atoms with Crippen molar-refractivity contribution in [2.45, 2.75) is 0 Å². The Morgan fingerprint density at radius 1 is 0.682 bits per heavy atom. The quantitative estimate of drug-likeness (QED) is 0.691. The number of fused-ring (bicyclic) bond motifs is 1. The maximum atomic E-state index is 3.52. The van der Waals surface area contributed by atoms with E-state index in [-0.39, 0.29) is 0 Å². The lowest BCUT2D eigenvalue weighted by Gasteiger charge is -2.20. The van der Waals surface area contributed by atoms with Crippen molar-refractivity contribution in [3.05, 3.63) is 96.3 Å². The van der Waals surface area contributed by atoms with E-state index in [1.807, 2.05) is 12.1 Å². The van der Waals surface area contributed by atoms with Crippen molar-refractivity contribution in [2.24, 2.45) is 0 Å². The molecule has 0 aliphatic carbocycles. The highest BCUT2D eigenvalue weighted by atomic mass is 15.3. The van der Waals surface area contributed by atoms with Gasteiger partial charge in [-0.25, -0.2) is 0 Å². The smallest absolute Gasteiger partial charge is 0.116 e. The molecule has 106 valence electrons. The van der Waals surface area contributed by atoms with Crippen LogP contribution in [0.15, 0.2) is 90.8 Å². The van der Waals surface area contributed by atoms with Gasteiger partial charge in [-0.15, -0.1) is 0 Å². The minimum absolute atomic E-state index is 1.07. The number of rotatable bonds is 2. The average Bonchev–Trinajstić information content (AvgIpc) is 2.94. The fourth-order valence-corrected chi connectivity index (χ4v) is 2.76. The van der Waals surface area contributed by atoms with E-state index in [0.717, 1.165) is 17.2 Å². The summed E-state index contributed by atoms with van der Waals surface area (Å²) in [5.41, 5.74) is 4.64. The second kappa shape index (κ2) is 5.41. The normalized spacial score (nSPS) is 14.7. The van der Waals surface area contributed by atoms with Gasteiger partial charge in [-0.3, -0.25) is 4.90 Å². The molecule has 0 spiro atoms. The molecule has 0 saturated heterocycles. The zero-order valence-corrected chi connectivity index (χ0v) is 12.1. The van der Waals surface area contributed by atoms with Gasteiger partial charge >= 0.3 is 0 Å². The molecule has 0 fully saturated rings. The molecule has 2 nitrogen and oxygen atoms in total. The molecule has 22 heavy (non-hydrogen) atoms. The maximum Gasteiger partial charge on any atom is 0.116 e. The van der Waals surface area contributed by atoms with E-state index in [0.29, 0.717) is 0 Å². The maximum absolute atomic E-state index is 3.52. The lowest BCUT2D eigenvalue weighted by Crippen LogP contribution is -2.14. The minimum Gasteiger partial charge on any atom is -0.340 e. The number of para-hydroxylation sites is 3. The summed E-state index contributed by atoms with van der Waals surface area (Å²) in [6, 6.07) is 29.2. The monoisotopic (exact) mass is 284 g/mol. The van der Waals surface area contributed by atoms with Crippen molar-refractivity contribution in [1.82, 2.24) is 0 Å². The van der Waals surface area contributed by atoms with Gasteiger partial charge in [0.1, 0.15) is 5.82 Å². The molecular formula is C20H16N2. The van der Waals surface area contributed by atoms with Gasteiger partial charge in [0.25, 0.3) is 0 Å². The zero-order chi connectivity index (χ0) is 14.8. The van der Waals surface area contributed by atoms with Crippen LogP contribution in [-0.2, 0) is 0 Å². The van der Waals surface area contributed by atoms with E-state index in [9.17, 15) is 0 Å². The molecule has 1 aliphatic heterocycles. The molecule has 0 radical (unpaired) electrons. The second-order valence-corrected chi connectivity index (χ2v) is 5.25. The molecule has 0 atom stereocenters. The summed E-state index contributed by atoms with van der Waals surface area (Å²) >= 11 is 0. The molecule has 3 aromatic carbocycles. The third-order valence-electron chi connectivity index (χ3n) is 3.77. The first kappa shape index (κ1) is 12.7. The van der Waals surface area contributed by atoms with E-state index < -0.39 is 0 Å². The third kappa shape index (κ3) is 2.25. The van der Waals surface area contributed by atoms with Gasteiger partial charge < -0.3 is 5.32 Å². The SMILES string of the molecule is C(=C1/Nc2ccccc2N1c1ccccc1)/c1ccccc1. The Hall–Kier alpha value is -3.00. The molecular weight excluding hydrogens is 268 g/mol. The van der Waals surface area contributed by atoms with E-state index in [1.54, 1.807) is 0 Å². The largest absolute Gasteiger partial charge is 0.340 e. The highest BCUT2D eigenvalue weighted by molar-refractivity contribution is 5.89. The van der Waals surface area contributed by atoms with Crippen LogP contribution < -0.4 is 10.2 Å². The van der Waals surface area contributed by atoms with Crippen LogP contribution in [0.3, 0.4) is 0 Å². The Kier molecular flexibility index (Phi) is 3.13. The summed E-state index contributed by atoms with van der Waals surface area (Å²) in [6.45, 7) is 0. The summed E-state index contributed by atoms with van der Waals surface area (Å²) in [6.07, 6.45) is 2.17. The van der Waals surface area contributed by atoms with Crippen LogP contribution in [-0.4, -0.2) is 0 Å². The summed E-state index contributed by atoms with van der Waals surface area (Å²) in [5, 5.41) is 3.52. The van der Waals surface area contributed by atoms with E-state index in [1.165, 1.54) is 11.3 Å². The Labute approximate surface area is 130 Å². The van der Waals surface area contributed by atoms with Crippen molar-refractivity contribution in [3.8, 4) is 0 Å². The van der Waals surface area contributed by atoms with Crippen LogP contribution in [0, 0.1) is 0 Å². The van der Waals surface area contributed by atoms with Gasteiger partial charge in [-0.1, -0.05) is 60.7 Å². The first-order valence-corrected chi connectivity index (χ1v) is 7.40. The molecule has 1 N–H and O–H groups in total. The highest BCUT2D eigenvalue weighted by Gasteiger charge is 2.24. The fourth-order valence-electron chi connectivity index (χ4n) is 2.76. The molecule has 0 aromatic heterocycles. The van der Waals surface area contributed by atoms with Crippen LogP contribution in [0.4, 0.5) is 17.1 Å². The number of nitrogens with zero attached hydrogens (tertiary/aromatic N) is 1. The van der Waals surface area contributed by atoms with Gasteiger partial charge in [0.2, 0.25) is 0 Å². The van der Waals surface area contributed by atoms with Gasteiger partial charge in [0, 0.05) is 5.69 Å². The number of benzene rings is 3. The molecule has 0 saturated carbocycles. The Balaban J connectivity index is 1.84. The second-order valence-electron chi connectivity index (χ2n) is 5.25. The molecule has 0 amide bonds. The Bertz CT molecular complexity index is 807. The standard InChI is InChI=1S/C20H16N2/c1-3-9-16(10-4-1)15-20-21-18-13-7-8-14-19(18)22(20)17-11-5-2-6-12-17/h1-15,21H/b20-15+. The van der Waals surface area contributed by atoms with Gasteiger partial charge in [-0.05, 0) is 35.9 Å². The van der Waals surface area contributed by atoms with Crippen LogP contribution in [0.5, 0.6) is 0 Å². The first-order chi connectivity index (χ1) is 10.9. The highest BCUT2D eigenvalue weighted by Crippen LogP contribution is 2.41. The van der Waals surface area contributed by atoms with Crippen LogP contribution in [0.2, 0.25) is 0 Å². The minimum atomic E-state index is 1.07. The Morgan fingerprint density at radius 3 is 2.09 bits per heavy atom. The van der Waals surface area contributed by atoms with E-state index in [2.05, 4.69) is 89.1 Å². The van der Waals surface area contributed by atoms with Gasteiger partial charge in [-0.2, -0.15) is 0 Å². The lowest BCUT2D eigenvalue weighted by molar-refractivity contribution is 1.24. The average molecular weight is 284 g/mol. The predicted octanol–water partition coefficient (Wildman–Crippen LogP) is 5.25. The van der Waals surface area contributed by atoms with Crippen molar-refractivity contribution < 1.29 is 0 Å². The summed E-state index contributed by atoms with van der Waals surface area (Å²) in [4.78, 5) is 2.25.